The molecule has 1 N–H and O–H groups in total. The zero-order chi connectivity index (χ0) is 23.9. The first-order valence-electron chi connectivity index (χ1n) is 11.1. The van der Waals surface area contributed by atoms with Crippen LogP contribution in [0.3, 0.4) is 0 Å². The van der Waals surface area contributed by atoms with Crippen LogP contribution in [-0.2, 0) is 17.6 Å². The number of nitrogens with one attached hydrogen (secondary N) is 1. The van der Waals surface area contributed by atoms with E-state index in [2.05, 4.69) is 18.3 Å². The first-order chi connectivity index (χ1) is 15.8. The fourth-order valence-corrected chi connectivity index (χ4v) is 6.04. The van der Waals surface area contributed by atoms with Crippen LogP contribution in [0.1, 0.15) is 71.0 Å². The van der Waals surface area contributed by atoms with Gasteiger partial charge in [0.1, 0.15) is 17.1 Å². The highest BCUT2D eigenvalue weighted by Gasteiger charge is 2.44. The maximum Gasteiger partial charge on any atom is 0.262 e. The molecule has 2 aliphatic rings. The molecule has 1 aliphatic carbocycles. The number of benzene rings is 1. The Bertz CT molecular complexity index is 1230. The number of nitrogens with zero attached hydrogens (tertiary/aromatic N) is 2. The quantitative estimate of drug-likeness (QED) is 0.475. The Labute approximate surface area is 202 Å². The highest BCUT2D eigenvalue weighted by atomic mass is 32.1. The summed E-state index contributed by atoms with van der Waals surface area (Å²) in [5.41, 5.74) is 2.99. The highest BCUT2D eigenvalue weighted by molar-refractivity contribution is 7.73. The van der Waals surface area contributed by atoms with E-state index in [1.807, 2.05) is 13.8 Å². The number of imide groups is 1. The van der Waals surface area contributed by atoms with Crippen LogP contribution in [0.15, 0.2) is 24.3 Å². The van der Waals surface area contributed by atoms with E-state index in [1.54, 1.807) is 24.3 Å². The van der Waals surface area contributed by atoms with Crippen LogP contribution >= 0.6 is 23.6 Å². The van der Waals surface area contributed by atoms with E-state index < -0.39 is 23.8 Å². The lowest BCUT2D eigenvalue weighted by molar-refractivity contribution is -0.121. The standard InChI is InChI=1S/C25H25N3O3S2/c1-4-14(3)20(28-23(30)16-7-5-6-8-17(16)24(28)31)21(29)27-22-19(12-26)15-10-9-13(2)11-18(15)25(32)33-22/h5-8,13-14,20H,4,9-11H2,1-3H3,(H,27,29). The predicted octanol–water partition coefficient (Wildman–Crippen LogP) is 5.12. The van der Waals surface area contributed by atoms with Gasteiger partial charge in [-0.1, -0.05) is 51.5 Å². The first-order valence-corrected chi connectivity index (χ1v) is 12.4. The molecule has 3 unspecified atom stereocenters. The summed E-state index contributed by atoms with van der Waals surface area (Å²) in [5, 5.41) is 13.2. The second-order valence-electron chi connectivity index (χ2n) is 8.86. The number of hydrogen-bond donors (Lipinski definition) is 1. The second kappa shape index (κ2) is 9.16. The SMILES string of the molecule is CCC(C)C(C(=O)Nc1sc(=S)c2c(c1C#N)CCC(C)C2)N1C(=O)c2ccccc2C1=O. The lowest BCUT2D eigenvalue weighted by Crippen LogP contribution is -2.50. The molecule has 0 bridgehead atoms. The average Bonchev–Trinajstić information content (AvgIpc) is 3.05. The Morgan fingerprint density at radius 3 is 2.48 bits per heavy atom. The zero-order valence-corrected chi connectivity index (χ0v) is 20.4. The summed E-state index contributed by atoms with van der Waals surface area (Å²) in [7, 11) is 0. The van der Waals surface area contributed by atoms with Gasteiger partial charge in [-0.15, -0.1) is 11.3 Å². The van der Waals surface area contributed by atoms with Gasteiger partial charge in [-0.2, -0.15) is 5.26 Å². The Balaban J connectivity index is 1.71. The van der Waals surface area contributed by atoms with Crippen LogP contribution in [0.5, 0.6) is 0 Å². The molecule has 6 nitrogen and oxygen atoms in total. The fraction of sp³-hybridized carbons (Fsp3) is 0.400. The predicted molar refractivity (Wildman–Crippen MR) is 130 cm³/mol. The fourth-order valence-electron chi connectivity index (χ4n) is 4.65. The van der Waals surface area contributed by atoms with Gasteiger partial charge in [-0.3, -0.25) is 19.3 Å². The maximum atomic E-state index is 13.5. The number of nitriles is 1. The van der Waals surface area contributed by atoms with E-state index in [-0.39, 0.29) is 5.92 Å². The number of carbonyl (C=O) groups is 3. The number of anilines is 1. The van der Waals surface area contributed by atoms with Crippen LogP contribution in [-0.4, -0.2) is 28.7 Å². The molecular weight excluding hydrogens is 454 g/mol. The lowest BCUT2D eigenvalue weighted by Gasteiger charge is -2.30. The first kappa shape index (κ1) is 23.3. The number of fused-ring (bicyclic) bond motifs is 2. The molecule has 170 valence electrons. The van der Waals surface area contributed by atoms with Crippen molar-refractivity contribution < 1.29 is 14.4 Å². The summed E-state index contributed by atoms with van der Waals surface area (Å²) in [6.45, 7) is 5.92. The van der Waals surface area contributed by atoms with Crippen molar-refractivity contribution in [3.05, 3.63) is 55.9 Å². The minimum absolute atomic E-state index is 0.274. The van der Waals surface area contributed by atoms with Gasteiger partial charge >= 0.3 is 0 Å². The van der Waals surface area contributed by atoms with E-state index in [0.29, 0.717) is 37.9 Å². The van der Waals surface area contributed by atoms with Gasteiger partial charge in [-0.05, 0) is 54.4 Å². The normalized spacial score (nSPS) is 18.8. The third-order valence-electron chi connectivity index (χ3n) is 6.68. The van der Waals surface area contributed by atoms with E-state index in [9.17, 15) is 19.6 Å². The van der Waals surface area contributed by atoms with Crippen LogP contribution < -0.4 is 5.32 Å². The van der Waals surface area contributed by atoms with Gasteiger partial charge in [0.15, 0.2) is 0 Å². The van der Waals surface area contributed by atoms with E-state index in [1.165, 1.54) is 11.3 Å². The minimum atomic E-state index is -0.995. The molecule has 0 saturated carbocycles. The summed E-state index contributed by atoms with van der Waals surface area (Å²) >= 11 is 6.82. The molecule has 33 heavy (non-hydrogen) atoms. The maximum absolute atomic E-state index is 13.5. The molecule has 0 spiro atoms. The van der Waals surface area contributed by atoms with Gasteiger partial charge in [0, 0.05) is 0 Å². The highest BCUT2D eigenvalue weighted by Crippen LogP contribution is 2.37. The van der Waals surface area contributed by atoms with Crippen LogP contribution in [0.4, 0.5) is 5.00 Å². The van der Waals surface area contributed by atoms with Crippen LogP contribution in [0, 0.1) is 27.0 Å². The van der Waals surface area contributed by atoms with Gasteiger partial charge in [-0.25, -0.2) is 0 Å². The second-order valence-corrected chi connectivity index (χ2v) is 10.5. The third kappa shape index (κ3) is 4.00. The molecule has 2 heterocycles. The molecule has 4 rings (SSSR count). The summed E-state index contributed by atoms with van der Waals surface area (Å²) in [6.07, 6.45) is 3.13. The van der Waals surface area contributed by atoms with Crippen molar-refractivity contribution in [2.45, 2.75) is 52.5 Å². The van der Waals surface area contributed by atoms with Gasteiger partial charge in [0.2, 0.25) is 5.91 Å². The smallest absolute Gasteiger partial charge is 0.262 e. The average molecular weight is 480 g/mol. The topological polar surface area (TPSA) is 90.3 Å². The molecule has 0 fully saturated rings. The summed E-state index contributed by atoms with van der Waals surface area (Å²) in [5.74, 6) is -1.19. The molecule has 3 amide bonds. The van der Waals surface area contributed by atoms with Crippen molar-refractivity contribution in [1.29, 1.82) is 5.26 Å². The molecule has 1 aromatic heterocycles. The number of carbonyl (C=O) groups excluding carboxylic acids is 3. The Morgan fingerprint density at radius 2 is 1.91 bits per heavy atom. The Hall–Kier alpha value is -2.89. The summed E-state index contributed by atoms with van der Waals surface area (Å²) < 4.78 is 0.673. The van der Waals surface area contributed by atoms with Crippen molar-refractivity contribution in [3.8, 4) is 6.07 Å². The Morgan fingerprint density at radius 1 is 1.27 bits per heavy atom. The van der Waals surface area contributed by atoms with Gasteiger partial charge in [0.05, 0.1) is 20.5 Å². The van der Waals surface area contributed by atoms with Crippen molar-refractivity contribution >= 4 is 46.3 Å². The van der Waals surface area contributed by atoms with Crippen LogP contribution in [0.25, 0.3) is 0 Å². The largest absolute Gasteiger partial charge is 0.315 e. The van der Waals surface area contributed by atoms with Gasteiger partial charge < -0.3 is 5.32 Å². The van der Waals surface area contributed by atoms with Gasteiger partial charge in [0.25, 0.3) is 11.8 Å². The molecule has 1 aromatic carbocycles. The summed E-state index contributed by atoms with van der Waals surface area (Å²) in [4.78, 5) is 40.8. The Kier molecular flexibility index (Phi) is 6.46. The summed E-state index contributed by atoms with van der Waals surface area (Å²) in [6, 6.07) is 7.87. The van der Waals surface area contributed by atoms with E-state index in [0.717, 1.165) is 35.3 Å². The van der Waals surface area contributed by atoms with Crippen LogP contribution in [0.2, 0.25) is 0 Å². The monoisotopic (exact) mass is 479 g/mol. The van der Waals surface area contributed by atoms with Crippen molar-refractivity contribution in [2.75, 3.05) is 5.32 Å². The van der Waals surface area contributed by atoms with Crippen molar-refractivity contribution in [3.63, 3.8) is 0 Å². The molecule has 8 heteroatoms. The number of hydrogen-bond acceptors (Lipinski definition) is 6. The number of amides is 3. The number of rotatable bonds is 5. The third-order valence-corrected chi connectivity index (χ3v) is 8.12. The lowest BCUT2D eigenvalue weighted by atomic mass is 9.85. The molecule has 0 saturated heterocycles. The molecule has 3 atom stereocenters. The molecule has 2 aromatic rings. The molecule has 1 aliphatic heterocycles. The zero-order valence-electron chi connectivity index (χ0n) is 18.8. The molecular formula is C25H25N3O3S2. The minimum Gasteiger partial charge on any atom is -0.315 e. The van der Waals surface area contributed by atoms with E-state index >= 15 is 0 Å². The molecule has 0 radical (unpaired) electrons. The van der Waals surface area contributed by atoms with Crippen molar-refractivity contribution in [2.24, 2.45) is 11.8 Å². The van der Waals surface area contributed by atoms with E-state index in [4.69, 9.17) is 12.2 Å². The van der Waals surface area contributed by atoms with Crippen molar-refractivity contribution in [1.82, 2.24) is 4.90 Å².